The number of nitrogens with one attached hydrogen (secondary N) is 2. The molecule has 2 N–H and O–H groups in total. The van der Waals surface area contributed by atoms with Gasteiger partial charge in [-0.15, -0.1) is 0 Å². The molecule has 2 amide bonds. The zero-order valence-corrected chi connectivity index (χ0v) is 16.6. The van der Waals surface area contributed by atoms with Crippen molar-refractivity contribution < 1.29 is 18.4 Å². The molecule has 0 bridgehead atoms. The highest BCUT2D eigenvalue weighted by atomic mass is 35.5. The fraction of sp³-hybridized carbons (Fsp3) is 0.474. The van der Waals surface area contributed by atoms with Crippen molar-refractivity contribution in [1.82, 2.24) is 15.2 Å². The van der Waals surface area contributed by atoms with Crippen LogP contribution in [0.4, 0.5) is 8.78 Å². The first-order valence-corrected chi connectivity index (χ1v) is 9.87. The maximum absolute atomic E-state index is 13.6. The number of halogens is 4. The van der Waals surface area contributed by atoms with Gasteiger partial charge in [-0.2, -0.15) is 0 Å². The first-order chi connectivity index (χ1) is 13.2. The Balaban J connectivity index is 1.47. The zero-order chi connectivity index (χ0) is 20.3. The van der Waals surface area contributed by atoms with Gasteiger partial charge in [0.1, 0.15) is 11.7 Å². The van der Waals surface area contributed by atoms with E-state index in [1.807, 2.05) is 0 Å². The molecule has 9 heteroatoms. The summed E-state index contributed by atoms with van der Waals surface area (Å²) in [4.78, 5) is 29.8. The van der Waals surface area contributed by atoms with Crippen molar-refractivity contribution >= 4 is 45.9 Å². The molecular formula is C19H19Cl2F2N3O2. The highest BCUT2D eigenvalue weighted by molar-refractivity contribution is 6.45. The van der Waals surface area contributed by atoms with E-state index in [9.17, 15) is 18.4 Å². The van der Waals surface area contributed by atoms with E-state index in [1.54, 1.807) is 25.1 Å². The minimum atomic E-state index is -2.68. The highest BCUT2D eigenvalue weighted by Gasteiger charge is 2.73. The molecule has 1 aliphatic carbocycles. The molecule has 2 atom stereocenters. The molecule has 28 heavy (non-hydrogen) atoms. The van der Waals surface area contributed by atoms with Crippen LogP contribution in [0, 0.1) is 5.41 Å². The Morgan fingerprint density at radius 2 is 2.07 bits per heavy atom. The summed E-state index contributed by atoms with van der Waals surface area (Å²) in [6, 6.07) is 4.13. The maximum atomic E-state index is 13.6. The minimum absolute atomic E-state index is 0.0473. The van der Waals surface area contributed by atoms with Gasteiger partial charge in [0.15, 0.2) is 0 Å². The number of hydrogen-bond donors (Lipinski definition) is 2. The predicted molar refractivity (Wildman–Crippen MR) is 103 cm³/mol. The van der Waals surface area contributed by atoms with Gasteiger partial charge < -0.3 is 15.2 Å². The number of fused-ring (bicyclic) bond motifs is 1. The normalized spacial score (nSPS) is 24.0. The molecular weight excluding hydrogens is 411 g/mol. The molecule has 1 saturated carbocycles. The summed E-state index contributed by atoms with van der Waals surface area (Å²) in [5.74, 6) is -3.47. The molecule has 2 aromatic rings. The second-order valence-electron chi connectivity index (χ2n) is 7.61. The summed E-state index contributed by atoms with van der Waals surface area (Å²) in [6.07, 6.45) is 0.500. The van der Waals surface area contributed by atoms with Crippen molar-refractivity contribution in [2.24, 2.45) is 5.41 Å². The number of alkyl halides is 2. The van der Waals surface area contributed by atoms with Crippen LogP contribution in [0.15, 0.2) is 18.2 Å². The number of rotatable bonds is 4. The Bertz CT molecular complexity index is 977. The van der Waals surface area contributed by atoms with Gasteiger partial charge in [0.05, 0.1) is 15.5 Å². The molecule has 0 radical (unpaired) electrons. The van der Waals surface area contributed by atoms with Crippen LogP contribution >= 0.6 is 23.2 Å². The average molecular weight is 430 g/mol. The standard InChI is InChI=1S/C19H19Cl2F2N3O2/c1-2-12(17(28)26-6-5-18(9-26)8-19(18,22)23)25-16(27)14-7-10-13(24-14)4-3-11(20)15(10)21/h3-4,7,12,24H,2,5-6,8-9H2,1H3,(H,25,27)/t12-,18+/m1/s1. The van der Waals surface area contributed by atoms with Crippen LogP contribution in [0.3, 0.4) is 0 Å². The van der Waals surface area contributed by atoms with E-state index in [-0.39, 0.29) is 24.6 Å². The van der Waals surface area contributed by atoms with Crippen molar-refractivity contribution in [2.45, 2.75) is 38.2 Å². The summed E-state index contributed by atoms with van der Waals surface area (Å²) in [6.45, 7) is 2.11. The average Bonchev–Trinajstić information content (AvgIpc) is 3.05. The lowest BCUT2D eigenvalue weighted by Gasteiger charge is -2.23. The zero-order valence-electron chi connectivity index (χ0n) is 15.1. The van der Waals surface area contributed by atoms with Crippen LogP contribution in [-0.4, -0.2) is 46.8 Å². The second-order valence-corrected chi connectivity index (χ2v) is 8.40. The number of benzene rings is 1. The van der Waals surface area contributed by atoms with E-state index >= 15 is 0 Å². The Hall–Kier alpha value is -1.86. The molecule has 0 unspecified atom stereocenters. The molecule has 1 aromatic carbocycles. The molecule has 2 heterocycles. The van der Waals surface area contributed by atoms with Crippen LogP contribution in [0.25, 0.3) is 10.9 Å². The van der Waals surface area contributed by atoms with Gasteiger partial charge in [-0.3, -0.25) is 9.59 Å². The summed E-state index contributed by atoms with van der Waals surface area (Å²) in [7, 11) is 0. The molecule has 1 saturated heterocycles. The third-order valence-corrected chi connectivity index (χ3v) is 6.64. The molecule has 150 valence electrons. The Morgan fingerprint density at radius 3 is 2.68 bits per heavy atom. The van der Waals surface area contributed by atoms with Crippen LogP contribution < -0.4 is 5.32 Å². The number of carbonyl (C=O) groups is 2. The van der Waals surface area contributed by atoms with Crippen LogP contribution in [0.5, 0.6) is 0 Å². The maximum Gasteiger partial charge on any atom is 0.268 e. The Kier molecular flexibility index (Phi) is 4.58. The molecule has 1 aromatic heterocycles. The van der Waals surface area contributed by atoms with E-state index < -0.39 is 23.3 Å². The monoisotopic (exact) mass is 429 g/mol. The second kappa shape index (κ2) is 6.59. The fourth-order valence-electron chi connectivity index (χ4n) is 3.94. The van der Waals surface area contributed by atoms with Gasteiger partial charge in [-0.1, -0.05) is 30.1 Å². The van der Waals surface area contributed by atoms with Crippen molar-refractivity contribution in [2.75, 3.05) is 13.1 Å². The third-order valence-electron chi connectivity index (χ3n) is 5.82. The van der Waals surface area contributed by atoms with E-state index in [0.29, 0.717) is 40.3 Å². The van der Waals surface area contributed by atoms with Crippen molar-refractivity contribution in [3.63, 3.8) is 0 Å². The number of amides is 2. The van der Waals surface area contributed by atoms with Crippen molar-refractivity contribution in [1.29, 1.82) is 0 Å². The largest absolute Gasteiger partial charge is 0.350 e. The van der Waals surface area contributed by atoms with E-state index in [2.05, 4.69) is 10.3 Å². The van der Waals surface area contributed by atoms with Gasteiger partial charge in [0, 0.05) is 30.4 Å². The van der Waals surface area contributed by atoms with Gasteiger partial charge in [0.2, 0.25) is 5.91 Å². The van der Waals surface area contributed by atoms with E-state index in [4.69, 9.17) is 23.2 Å². The number of carbonyl (C=O) groups excluding carboxylic acids is 2. The highest BCUT2D eigenvalue weighted by Crippen LogP contribution is 2.65. The number of H-pyrrole nitrogens is 1. The van der Waals surface area contributed by atoms with Crippen LogP contribution in [-0.2, 0) is 4.79 Å². The number of nitrogens with zero attached hydrogens (tertiary/aromatic N) is 1. The molecule has 1 aliphatic heterocycles. The Labute approximate surface area is 170 Å². The van der Waals surface area contributed by atoms with Crippen LogP contribution in [0.2, 0.25) is 10.0 Å². The minimum Gasteiger partial charge on any atom is -0.350 e. The van der Waals surface area contributed by atoms with Gasteiger partial charge in [-0.25, -0.2) is 8.78 Å². The number of hydrogen-bond acceptors (Lipinski definition) is 2. The quantitative estimate of drug-likeness (QED) is 0.762. The SMILES string of the molecule is CC[C@@H](NC(=O)c1cc2c(Cl)c(Cl)ccc2[nH]1)C(=O)N1CC[C@@]2(C1)CC2(F)F. The summed E-state index contributed by atoms with van der Waals surface area (Å²) < 4.78 is 27.1. The molecule has 5 nitrogen and oxygen atoms in total. The predicted octanol–water partition coefficient (Wildman–Crippen LogP) is 4.24. The van der Waals surface area contributed by atoms with Crippen LogP contribution in [0.1, 0.15) is 36.7 Å². The van der Waals surface area contributed by atoms with Crippen molar-refractivity contribution in [3.05, 3.63) is 33.9 Å². The first kappa shape index (κ1) is 19.5. The smallest absolute Gasteiger partial charge is 0.268 e. The van der Waals surface area contributed by atoms with Gasteiger partial charge in [0.25, 0.3) is 11.8 Å². The Morgan fingerprint density at radius 1 is 1.36 bits per heavy atom. The number of aromatic amines is 1. The first-order valence-electron chi connectivity index (χ1n) is 9.12. The fourth-order valence-corrected chi connectivity index (χ4v) is 4.33. The lowest BCUT2D eigenvalue weighted by molar-refractivity contribution is -0.132. The third kappa shape index (κ3) is 3.05. The molecule has 1 spiro atoms. The summed E-state index contributed by atoms with van der Waals surface area (Å²) in [5.41, 5.74) is -0.161. The lowest BCUT2D eigenvalue weighted by Crippen LogP contribution is -2.47. The molecule has 4 rings (SSSR count). The topological polar surface area (TPSA) is 65.2 Å². The lowest BCUT2D eigenvalue weighted by atomic mass is 10.1. The van der Waals surface area contributed by atoms with Crippen molar-refractivity contribution in [3.8, 4) is 0 Å². The van der Waals surface area contributed by atoms with Gasteiger partial charge >= 0.3 is 0 Å². The summed E-state index contributed by atoms with van der Waals surface area (Å²) in [5, 5.41) is 4.02. The van der Waals surface area contributed by atoms with Gasteiger partial charge in [-0.05, 0) is 31.0 Å². The van der Waals surface area contributed by atoms with E-state index in [0.717, 1.165) is 0 Å². The molecule has 2 aliphatic rings. The number of aromatic nitrogens is 1. The number of likely N-dealkylation sites (tertiary alicyclic amines) is 1. The molecule has 2 fully saturated rings. The van der Waals surface area contributed by atoms with E-state index in [1.165, 1.54) is 4.90 Å². The summed E-state index contributed by atoms with van der Waals surface area (Å²) >= 11 is 12.2.